The molecular formula is C11H23NO. The highest BCUT2D eigenvalue weighted by molar-refractivity contribution is 5.06. The van der Waals surface area contributed by atoms with Crippen LogP contribution in [0.1, 0.15) is 34.1 Å². The average molecular weight is 185 g/mol. The van der Waals surface area contributed by atoms with Crippen LogP contribution in [0.4, 0.5) is 0 Å². The molecule has 1 aliphatic rings. The highest BCUT2D eigenvalue weighted by atomic mass is 16.5. The summed E-state index contributed by atoms with van der Waals surface area (Å²) in [6, 6.07) is 0. The SMILES string of the molecule is COC(C)(C)C[C@H]1[C@H](CN)C1(C)C. The van der Waals surface area contributed by atoms with Crippen LogP contribution in [0.15, 0.2) is 0 Å². The van der Waals surface area contributed by atoms with Crippen molar-refractivity contribution >= 4 is 0 Å². The minimum atomic E-state index is 0.00581. The van der Waals surface area contributed by atoms with Gasteiger partial charge in [-0.15, -0.1) is 0 Å². The first-order valence-electron chi connectivity index (χ1n) is 5.10. The van der Waals surface area contributed by atoms with E-state index in [1.807, 2.05) is 0 Å². The lowest BCUT2D eigenvalue weighted by molar-refractivity contribution is 0.00760. The Kier molecular flexibility index (Phi) is 2.75. The molecule has 0 amide bonds. The molecule has 0 aliphatic heterocycles. The van der Waals surface area contributed by atoms with Crippen molar-refractivity contribution in [3.63, 3.8) is 0 Å². The molecule has 1 aliphatic carbocycles. The van der Waals surface area contributed by atoms with Crippen LogP contribution in [-0.2, 0) is 4.74 Å². The third-order valence-corrected chi connectivity index (χ3v) is 3.81. The molecule has 2 nitrogen and oxygen atoms in total. The zero-order valence-corrected chi connectivity index (χ0v) is 9.55. The second kappa shape index (κ2) is 3.25. The Labute approximate surface area is 81.8 Å². The van der Waals surface area contributed by atoms with Crippen molar-refractivity contribution in [2.24, 2.45) is 23.0 Å². The van der Waals surface area contributed by atoms with Gasteiger partial charge in [-0.05, 0) is 44.1 Å². The van der Waals surface area contributed by atoms with Gasteiger partial charge in [0.25, 0.3) is 0 Å². The van der Waals surface area contributed by atoms with Crippen LogP contribution in [0.25, 0.3) is 0 Å². The van der Waals surface area contributed by atoms with Crippen molar-refractivity contribution in [1.82, 2.24) is 0 Å². The van der Waals surface area contributed by atoms with E-state index in [2.05, 4.69) is 27.7 Å². The van der Waals surface area contributed by atoms with Crippen LogP contribution in [0.3, 0.4) is 0 Å². The summed E-state index contributed by atoms with van der Waals surface area (Å²) in [7, 11) is 1.78. The molecule has 0 radical (unpaired) electrons. The monoisotopic (exact) mass is 185 g/mol. The van der Waals surface area contributed by atoms with Gasteiger partial charge in [0.1, 0.15) is 0 Å². The largest absolute Gasteiger partial charge is 0.379 e. The fourth-order valence-electron chi connectivity index (χ4n) is 2.34. The lowest BCUT2D eigenvalue weighted by Crippen LogP contribution is -2.24. The topological polar surface area (TPSA) is 35.2 Å². The van der Waals surface area contributed by atoms with Crippen molar-refractivity contribution in [2.45, 2.75) is 39.7 Å². The average Bonchev–Trinajstić information content (AvgIpc) is 2.52. The Balaban J connectivity index is 2.49. The van der Waals surface area contributed by atoms with E-state index in [-0.39, 0.29) is 5.60 Å². The van der Waals surface area contributed by atoms with Crippen LogP contribution in [0, 0.1) is 17.3 Å². The van der Waals surface area contributed by atoms with Crippen molar-refractivity contribution in [3.05, 3.63) is 0 Å². The van der Waals surface area contributed by atoms with Gasteiger partial charge >= 0.3 is 0 Å². The van der Waals surface area contributed by atoms with Crippen molar-refractivity contribution in [2.75, 3.05) is 13.7 Å². The van der Waals surface area contributed by atoms with E-state index < -0.39 is 0 Å². The highest BCUT2D eigenvalue weighted by Gasteiger charge is 2.57. The van der Waals surface area contributed by atoms with E-state index in [4.69, 9.17) is 10.5 Å². The van der Waals surface area contributed by atoms with E-state index >= 15 is 0 Å². The third kappa shape index (κ3) is 2.05. The molecule has 78 valence electrons. The van der Waals surface area contributed by atoms with Crippen LogP contribution in [-0.4, -0.2) is 19.3 Å². The quantitative estimate of drug-likeness (QED) is 0.727. The molecule has 1 fully saturated rings. The van der Waals surface area contributed by atoms with Gasteiger partial charge in [0.05, 0.1) is 5.60 Å². The zero-order chi connectivity index (χ0) is 10.3. The first-order chi connectivity index (χ1) is 5.85. The van der Waals surface area contributed by atoms with E-state index in [0.29, 0.717) is 11.3 Å². The van der Waals surface area contributed by atoms with Crippen LogP contribution >= 0.6 is 0 Å². The van der Waals surface area contributed by atoms with E-state index in [1.165, 1.54) is 0 Å². The van der Waals surface area contributed by atoms with Gasteiger partial charge in [-0.1, -0.05) is 13.8 Å². The molecule has 0 aromatic heterocycles. The van der Waals surface area contributed by atoms with E-state index in [0.717, 1.165) is 18.9 Å². The first kappa shape index (κ1) is 11.0. The molecule has 0 bridgehead atoms. The smallest absolute Gasteiger partial charge is 0.0625 e. The minimum Gasteiger partial charge on any atom is -0.379 e. The summed E-state index contributed by atoms with van der Waals surface area (Å²) in [6.07, 6.45) is 1.12. The van der Waals surface area contributed by atoms with Crippen LogP contribution < -0.4 is 5.73 Å². The van der Waals surface area contributed by atoms with E-state index in [9.17, 15) is 0 Å². The Morgan fingerprint density at radius 1 is 1.31 bits per heavy atom. The van der Waals surface area contributed by atoms with Crippen LogP contribution in [0.5, 0.6) is 0 Å². The number of rotatable bonds is 4. The summed E-state index contributed by atoms with van der Waals surface area (Å²) in [5.41, 5.74) is 6.16. The summed E-state index contributed by atoms with van der Waals surface area (Å²) < 4.78 is 5.43. The Hall–Kier alpha value is -0.0800. The molecule has 2 heteroatoms. The maximum Gasteiger partial charge on any atom is 0.0625 e. The Bertz CT molecular complexity index is 185. The van der Waals surface area contributed by atoms with Crippen molar-refractivity contribution in [1.29, 1.82) is 0 Å². The van der Waals surface area contributed by atoms with Gasteiger partial charge < -0.3 is 10.5 Å². The molecule has 13 heavy (non-hydrogen) atoms. The number of ether oxygens (including phenoxy) is 1. The maximum atomic E-state index is 5.72. The summed E-state index contributed by atoms with van der Waals surface area (Å²) in [5.74, 6) is 1.44. The van der Waals surface area contributed by atoms with Gasteiger partial charge in [-0.2, -0.15) is 0 Å². The predicted octanol–water partition coefficient (Wildman–Crippen LogP) is 2.03. The number of hydrogen-bond donors (Lipinski definition) is 1. The zero-order valence-electron chi connectivity index (χ0n) is 9.55. The molecule has 0 aromatic carbocycles. The van der Waals surface area contributed by atoms with Gasteiger partial charge in [-0.3, -0.25) is 0 Å². The highest BCUT2D eigenvalue weighted by Crippen LogP contribution is 2.60. The third-order valence-electron chi connectivity index (χ3n) is 3.81. The van der Waals surface area contributed by atoms with Crippen molar-refractivity contribution in [3.8, 4) is 0 Å². The van der Waals surface area contributed by atoms with Gasteiger partial charge in [0.15, 0.2) is 0 Å². The fraction of sp³-hybridized carbons (Fsp3) is 1.00. The molecule has 1 saturated carbocycles. The molecule has 0 spiro atoms. The van der Waals surface area contributed by atoms with Gasteiger partial charge in [0, 0.05) is 7.11 Å². The molecule has 0 heterocycles. The summed E-state index contributed by atoms with van der Waals surface area (Å²) >= 11 is 0. The summed E-state index contributed by atoms with van der Waals surface area (Å²) in [5, 5.41) is 0. The van der Waals surface area contributed by atoms with Gasteiger partial charge in [0.2, 0.25) is 0 Å². The minimum absolute atomic E-state index is 0.00581. The van der Waals surface area contributed by atoms with Crippen molar-refractivity contribution < 1.29 is 4.74 Å². The molecule has 0 saturated heterocycles. The summed E-state index contributed by atoms with van der Waals surface area (Å²) in [4.78, 5) is 0. The first-order valence-corrected chi connectivity index (χ1v) is 5.10. The second-order valence-corrected chi connectivity index (χ2v) is 5.44. The fourth-order valence-corrected chi connectivity index (χ4v) is 2.34. The number of methoxy groups -OCH3 is 1. The van der Waals surface area contributed by atoms with E-state index in [1.54, 1.807) is 7.11 Å². The maximum absolute atomic E-state index is 5.72. The second-order valence-electron chi connectivity index (χ2n) is 5.44. The number of nitrogens with two attached hydrogens (primary N) is 1. The predicted molar refractivity (Wildman–Crippen MR) is 55.5 cm³/mol. The molecule has 0 unspecified atom stereocenters. The van der Waals surface area contributed by atoms with Crippen LogP contribution in [0.2, 0.25) is 0 Å². The Morgan fingerprint density at radius 3 is 2.15 bits per heavy atom. The normalized spacial score (nSPS) is 31.8. The lowest BCUT2D eigenvalue weighted by atomic mass is 9.97. The molecule has 0 aromatic rings. The molecule has 2 N–H and O–H groups in total. The molecular weight excluding hydrogens is 162 g/mol. The summed E-state index contributed by atoms with van der Waals surface area (Å²) in [6.45, 7) is 9.73. The molecule has 2 atom stereocenters. The lowest BCUT2D eigenvalue weighted by Gasteiger charge is -2.23. The Morgan fingerprint density at radius 2 is 1.85 bits per heavy atom. The standard InChI is InChI=1S/C11H23NO/c1-10(2,13-5)6-8-9(7-12)11(8,3)4/h8-9H,6-7,12H2,1-5H3/t8-,9-/m0/s1. The molecule has 1 rings (SSSR count). The number of hydrogen-bond acceptors (Lipinski definition) is 2. The van der Waals surface area contributed by atoms with Gasteiger partial charge in [-0.25, -0.2) is 0 Å².